The lowest BCUT2D eigenvalue weighted by Gasteiger charge is -2.21. The van der Waals surface area contributed by atoms with Crippen LogP contribution < -0.4 is 0 Å². The van der Waals surface area contributed by atoms with Gasteiger partial charge >= 0.3 is 39.5 Å². The van der Waals surface area contributed by atoms with Crippen LogP contribution in [0.2, 0.25) is 0 Å². The first-order valence-corrected chi connectivity index (χ1v) is 44.8. The molecule has 17 nitrogen and oxygen atoms in total. The fourth-order valence-corrected chi connectivity index (χ4v) is 13.1. The number of carbonyl (C=O) groups excluding carboxylic acids is 4. The van der Waals surface area contributed by atoms with E-state index in [0.717, 1.165) is 193 Å². The second kappa shape index (κ2) is 77.4. The quantitative estimate of drug-likeness (QED) is 0.0169. The molecule has 0 fully saturated rings. The molecule has 0 aromatic carbocycles. The van der Waals surface area contributed by atoms with Gasteiger partial charge in [0, 0.05) is 25.7 Å². The summed E-state index contributed by atoms with van der Waals surface area (Å²) >= 11 is 0. The molecule has 0 saturated heterocycles. The van der Waals surface area contributed by atoms with Crippen molar-refractivity contribution in [1.29, 1.82) is 0 Å². The average molecular weight is 1510 g/mol. The van der Waals surface area contributed by atoms with Gasteiger partial charge in [0.05, 0.1) is 26.4 Å². The molecule has 0 saturated carbocycles. The lowest BCUT2D eigenvalue weighted by Crippen LogP contribution is -2.30. The fourth-order valence-electron chi connectivity index (χ4n) is 11.5. The minimum Gasteiger partial charge on any atom is -0.462 e. The van der Waals surface area contributed by atoms with E-state index < -0.39 is 97.5 Å². The first kappa shape index (κ1) is 100. The summed E-state index contributed by atoms with van der Waals surface area (Å²) in [5, 5.41) is 10.7. The molecule has 5 unspecified atom stereocenters. The van der Waals surface area contributed by atoms with E-state index in [0.29, 0.717) is 25.7 Å². The van der Waals surface area contributed by atoms with Crippen LogP contribution in [0.3, 0.4) is 0 Å². The number of hydrogen-bond acceptors (Lipinski definition) is 15. The highest BCUT2D eigenvalue weighted by Crippen LogP contribution is 2.45. The number of esters is 4. The summed E-state index contributed by atoms with van der Waals surface area (Å²) in [6.45, 7) is 4.70. The van der Waals surface area contributed by atoms with Crippen molar-refractivity contribution in [2.24, 2.45) is 0 Å². The van der Waals surface area contributed by atoms with Gasteiger partial charge in [0.15, 0.2) is 12.2 Å². The molecule has 0 spiro atoms. The van der Waals surface area contributed by atoms with Crippen molar-refractivity contribution in [3.8, 4) is 0 Å². The van der Waals surface area contributed by atoms with Gasteiger partial charge < -0.3 is 33.8 Å². The molecule has 604 valence electrons. The third-order valence-electron chi connectivity index (χ3n) is 17.9. The van der Waals surface area contributed by atoms with Crippen LogP contribution in [0.4, 0.5) is 0 Å². The first-order chi connectivity index (χ1) is 50.7. The lowest BCUT2D eigenvalue weighted by molar-refractivity contribution is -0.161. The Hall–Kier alpha value is -3.76. The number of carbonyl (C=O) groups is 4. The highest BCUT2D eigenvalue weighted by atomic mass is 31.2. The van der Waals surface area contributed by atoms with Crippen LogP contribution in [0.25, 0.3) is 0 Å². The van der Waals surface area contributed by atoms with Gasteiger partial charge in [-0.1, -0.05) is 318 Å². The van der Waals surface area contributed by atoms with Gasteiger partial charge in [0.2, 0.25) is 0 Å². The predicted octanol–water partition coefficient (Wildman–Crippen LogP) is 24.6. The summed E-state index contributed by atoms with van der Waals surface area (Å²) in [7, 11) is -9.96. The van der Waals surface area contributed by atoms with Crippen molar-refractivity contribution in [1.82, 2.24) is 0 Å². The van der Waals surface area contributed by atoms with E-state index in [2.05, 4.69) is 113 Å². The first-order valence-electron chi connectivity index (χ1n) is 41.8. The number of aliphatic hydroxyl groups excluding tert-OH is 1. The highest BCUT2D eigenvalue weighted by Gasteiger charge is 2.30. The van der Waals surface area contributed by atoms with Crippen molar-refractivity contribution in [3.63, 3.8) is 0 Å². The summed E-state index contributed by atoms with van der Waals surface area (Å²) in [6.07, 6.45) is 81.1. The molecule has 104 heavy (non-hydrogen) atoms. The average Bonchev–Trinajstić information content (AvgIpc) is 0.937. The summed E-state index contributed by atoms with van der Waals surface area (Å²) in [5.41, 5.74) is 0. The van der Waals surface area contributed by atoms with Crippen molar-refractivity contribution in [2.45, 2.75) is 393 Å². The Kier molecular flexibility index (Phi) is 74.6. The Morgan fingerprint density at radius 2 is 0.500 bits per heavy atom. The molecule has 0 aromatic rings. The van der Waals surface area contributed by atoms with Crippen molar-refractivity contribution in [2.75, 3.05) is 39.6 Å². The van der Waals surface area contributed by atoms with Crippen LogP contribution in [0.1, 0.15) is 374 Å². The molecule has 0 aliphatic carbocycles. The third kappa shape index (κ3) is 76.4. The SMILES string of the molecule is CC/C=C\C/C=C\C/C=C\CCCCCCCCCC(=O)OCC(COP(=O)(O)OCC(O)COP(=O)(O)OCC(COC(=O)CCCCCCCCC/C=C\C/C=C\C/C=C\CC)OC(=O)CCCCCCCCCCCCCCCCC)OC(=O)CCCCCCC/C=C\CCCCCCCC. The molecule has 0 heterocycles. The maximum atomic E-state index is 13.1. The van der Waals surface area contributed by atoms with Gasteiger partial charge in [-0.2, -0.15) is 0 Å². The Labute approximate surface area is 634 Å². The number of phosphoric acid groups is 2. The van der Waals surface area contributed by atoms with E-state index in [1.165, 1.54) is 103 Å². The van der Waals surface area contributed by atoms with E-state index >= 15 is 0 Å². The number of ether oxygens (including phenoxy) is 4. The zero-order chi connectivity index (χ0) is 76.0. The van der Waals surface area contributed by atoms with Gasteiger partial charge in [0.25, 0.3) is 0 Å². The molecule has 0 aliphatic heterocycles. The van der Waals surface area contributed by atoms with Crippen LogP contribution in [0, 0.1) is 0 Å². The smallest absolute Gasteiger partial charge is 0.462 e. The van der Waals surface area contributed by atoms with E-state index in [-0.39, 0.29) is 25.7 Å². The summed E-state index contributed by atoms with van der Waals surface area (Å²) in [4.78, 5) is 73.2. The Morgan fingerprint density at radius 3 is 0.779 bits per heavy atom. The Balaban J connectivity index is 5.35. The van der Waals surface area contributed by atoms with Gasteiger partial charge in [-0.3, -0.25) is 37.3 Å². The van der Waals surface area contributed by atoms with E-state index in [1.54, 1.807) is 0 Å². The number of aliphatic hydroxyl groups is 1. The highest BCUT2D eigenvalue weighted by molar-refractivity contribution is 7.47. The zero-order valence-electron chi connectivity index (χ0n) is 66.2. The molecular formula is C85H152O17P2. The van der Waals surface area contributed by atoms with Crippen molar-refractivity contribution < 1.29 is 80.2 Å². The maximum Gasteiger partial charge on any atom is 0.472 e. The predicted molar refractivity (Wildman–Crippen MR) is 427 cm³/mol. The minimum absolute atomic E-state index is 0.0851. The van der Waals surface area contributed by atoms with Crippen LogP contribution in [0.5, 0.6) is 0 Å². The molecule has 0 aromatic heterocycles. The molecular weight excluding hydrogens is 1350 g/mol. The summed E-state index contributed by atoms with van der Waals surface area (Å²) in [5.74, 6) is -2.17. The molecule has 0 amide bonds. The van der Waals surface area contributed by atoms with Crippen LogP contribution in [-0.2, 0) is 65.4 Å². The molecule has 0 rings (SSSR count). The minimum atomic E-state index is -4.98. The Morgan fingerprint density at radius 1 is 0.279 bits per heavy atom. The van der Waals surface area contributed by atoms with Crippen LogP contribution >= 0.6 is 15.6 Å². The van der Waals surface area contributed by atoms with E-state index in [4.69, 9.17) is 37.0 Å². The molecule has 5 atom stereocenters. The molecule has 0 aliphatic rings. The molecule has 19 heteroatoms. The molecule has 0 radical (unpaired) electrons. The van der Waals surface area contributed by atoms with Gasteiger partial charge in [-0.25, -0.2) is 9.13 Å². The lowest BCUT2D eigenvalue weighted by atomic mass is 10.0. The number of hydrogen-bond donors (Lipinski definition) is 3. The molecule has 0 bridgehead atoms. The number of unbranched alkanes of at least 4 members (excludes halogenated alkanes) is 39. The van der Waals surface area contributed by atoms with Crippen LogP contribution in [0.15, 0.2) is 85.1 Å². The van der Waals surface area contributed by atoms with Gasteiger partial charge in [0.1, 0.15) is 19.3 Å². The second-order valence-corrected chi connectivity index (χ2v) is 30.9. The van der Waals surface area contributed by atoms with Crippen LogP contribution in [-0.4, -0.2) is 96.7 Å². The second-order valence-electron chi connectivity index (χ2n) is 28.0. The number of rotatable bonds is 79. The van der Waals surface area contributed by atoms with Gasteiger partial charge in [-0.15, -0.1) is 0 Å². The van der Waals surface area contributed by atoms with E-state index in [1.807, 2.05) is 0 Å². The summed E-state index contributed by atoms with van der Waals surface area (Å²) in [6, 6.07) is 0. The summed E-state index contributed by atoms with van der Waals surface area (Å²) < 4.78 is 68.8. The Bertz CT molecular complexity index is 2300. The monoisotopic (exact) mass is 1510 g/mol. The van der Waals surface area contributed by atoms with Crippen molar-refractivity contribution in [3.05, 3.63) is 85.1 Å². The number of phosphoric ester groups is 2. The van der Waals surface area contributed by atoms with Crippen molar-refractivity contribution >= 4 is 39.5 Å². The maximum absolute atomic E-state index is 13.1. The normalized spacial score (nSPS) is 14.3. The standard InChI is InChI=1S/C85H152O17P2/c1-5-9-13-17-21-25-29-33-37-39-43-45-49-53-57-61-65-69-82(87)95-75-80(101-84(89)71-67-63-59-55-51-47-41-35-31-27-23-19-15-11-7-3)77-99-103(91,92)97-73-79(86)74-98-104(93,94)100-78-81(102-85(90)72-68-64-60-56-52-48-42-36-32-28-24-20-16-12-8-4)76-96-83(88)70-66-62-58-54-50-46-44-40-38-34-30-26-22-18-14-10-6-2/h9-10,13-14,21-22,25-26,33-35,37-38,41,79-81,86H,5-8,11-12,15-20,23-24,27-32,36,39-40,42-78H2,1-4H3,(H,91,92)(H,93,94)/b13-9-,14-10-,25-21-,26-22-,37-33-,38-34-,41-35-. The topological polar surface area (TPSA) is 237 Å². The third-order valence-corrected chi connectivity index (χ3v) is 19.8. The zero-order valence-corrected chi connectivity index (χ0v) is 68.0. The number of allylic oxidation sites excluding steroid dienone is 14. The largest absolute Gasteiger partial charge is 0.472 e. The fraction of sp³-hybridized carbons (Fsp3) is 0.788. The van der Waals surface area contributed by atoms with E-state index in [9.17, 15) is 43.2 Å². The van der Waals surface area contributed by atoms with Gasteiger partial charge in [-0.05, 0) is 116 Å². The molecule has 3 N–H and O–H groups in total.